The molecule has 1 amide bonds. The van der Waals surface area contributed by atoms with Gasteiger partial charge in [-0.2, -0.15) is 0 Å². The molecule has 1 aromatic heterocycles. The summed E-state index contributed by atoms with van der Waals surface area (Å²) in [5.74, 6) is 5.64. The van der Waals surface area contributed by atoms with E-state index in [9.17, 15) is 14.3 Å². The largest absolute Gasteiger partial charge is 0.508 e. The summed E-state index contributed by atoms with van der Waals surface area (Å²) in [5.41, 5.74) is 1.07. The molecule has 0 radical (unpaired) electrons. The highest BCUT2D eigenvalue weighted by molar-refractivity contribution is 7.99. The molecule has 0 bridgehead atoms. The standard InChI is InChI=1S/C16H13ClFN5O2S/c17-12-7-10(3-6-13(12)18)20-14(25)8-26-16-22-21-15(23(16)19)9-1-4-11(24)5-2-9/h1-7,24H,8,19H2,(H,20,25). The van der Waals surface area contributed by atoms with E-state index in [1.54, 1.807) is 12.1 Å². The van der Waals surface area contributed by atoms with Crippen molar-refractivity contribution in [2.24, 2.45) is 0 Å². The molecule has 0 atom stereocenters. The number of amides is 1. The Labute approximate surface area is 157 Å². The number of rotatable bonds is 5. The molecule has 0 fully saturated rings. The number of nitrogen functional groups attached to an aromatic ring is 1. The van der Waals surface area contributed by atoms with Crippen molar-refractivity contribution >= 4 is 35.0 Å². The first kappa shape index (κ1) is 18.0. The number of nitrogens with zero attached hydrogens (tertiary/aromatic N) is 3. The highest BCUT2D eigenvalue weighted by Gasteiger charge is 2.14. The first-order valence-electron chi connectivity index (χ1n) is 7.31. The van der Waals surface area contributed by atoms with Crippen LogP contribution in [0.5, 0.6) is 5.75 Å². The number of carbonyl (C=O) groups is 1. The second kappa shape index (κ2) is 7.63. The predicted octanol–water partition coefficient (Wildman–Crippen LogP) is 2.89. The van der Waals surface area contributed by atoms with Crippen LogP contribution >= 0.6 is 23.4 Å². The van der Waals surface area contributed by atoms with Gasteiger partial charge in [0.1, 0.15) is 11.6 Å². The molecule has 0 saturated heterocycles. The van der Waals surface area contributed by atoms with Crippen LogP contribution in [0.2, 0.25) is 5.02 Å². The van der Waals surface area contributed by atoms with Crippen LogP contribution < -0.4 is 11.2 Å². The molecule has 4 N–H and O–H groups in total. The van der Waals surface area contributed by atoms with E-state index in [4.69, 9.17) is 17.4 Å². The average molecular weight is 394 g/mol. The minimum atomic E-state index is -0.558. The zero-order valence-corrected chi connectivity index (χ0v) is 14.8. The zero-order chi connectivity index (χ0) is 18.7. The Bertz CT molecular complexity index is 948. The van der Waals surface area contributed by atoms with E-state index < -0.39 is 5.82 Å². The number of thioether (sulfide) groups is 1. The van der Waals surface area contributed by atoms with Gasteiger partial charge in [0, 0.05) is 11.3 Å². The molecule has 3 rings (SSSR count). The fourth-order valence-corrected chi connectivity index (χ4v) is 2.92. The summed E-state index contributed by atoms with van der Waals surface area (Å²) in [7, 11) is 0. The number of aromatic nitrogens is 3. The lowest BCUT2D eigenvalue weighted by Gasteiger charge is -2.06. The first-order valence-corrected chi connectivity index (χ1v) is 8.68. The second-order valence-corrected chi connectivity index (χ2v) is 6.54. The lowest BCUT2D eigenvalue weighted by atomic mass is 10.2. The molecule has 0 aliphatic heterocycles. The molecule has 1 heterocycles. The van der Waals surface area contributed by atoms with Crippen LogP contribution in [0.1, 0.15) is 0 Å². The van der Waals surface area contributed by atoms with Crippen molar-refractivity contribution in [3.8, 4) is 17.1 Å². The Morgan fingerprint density at radius 3 is 2.69 bits per heavy atom. The van der Waals surface area contributed by atoms with Crippen molar-refractivity contribution in [1.82, 2.24) is 14.9 Å². The van der Waals surface area contributed by atoms with Gasteiger partial charge in [-0.05, 0) is 42.5 Å². The Balaban J connectivity index is 1.63. The van der Waals surface area contributed by atoms with Crippen molar-refractivity contribution in [3.05, 3.63) is 53.3 Å². The Hall–Kier alpha value is -2.78. The maximum absolute atomic E-state index is 13.1. The van der Waals surface area contributed by atoms with Gasteiger partial charge in [0.2, 0.25) is 11.1 Å². The number of aromatic hydroxyl groups is 1. The molecular weight excluding hydrogens is 381 g/mol. The normalized spacial score (nSPS) is 10.7. The fraction of sp³-hybridized carbons (Fsp3) is 0.0625. The topological polar surface area (TPSA) is 106 Å². The van der Waals surface area contributed by atoms with Crippen molar-refractivity contribution in [2.45, 2.75) is 5.16 Å². The summed E-state index contributed by atoms with van der Waals surface area (Å²) in [6.45, 7) is 0. The Morgan fingerprint density at radius 2 is 2.00 bits per heavy atom. The molecule has 0 aliphatic rings. The van der Waals surface area contributed by atoms with E-state index in [-0.39, 0.29) is 22.4 Å². The monoisotopic (exact) mass is 393 g/mol. The molecule has 134 valence electrons. The number of hydrogen-bond donors (Lipinski definition) is 3. The SMILES string of the molecule is Nn1c(SCC(=O)Nc2ccc(F)c(Cl)c2)nnc1-c1ccc(O)cc1. The number of benzene rings is 2. The smallest absolute Gasteiger partial charge is 0.234 e. The summed E-state index contributed by atoms with van der Waals surface area (Å²) in [5, 5.41) is 20.2. The van der Waals surface area contributed by atoms with E-state index in [2.05, 4.69) is 15.5 Å². The molecule has 2 aromatic carbocycles. The summed E-state index contributed by atoms with van der Waals surface area (Å²) < 4.78 is 14.4. The lowest BCUT2D eigenvalue weighted by Crippen LogP contribution is -2.16. The number of nitrogens with two attached hydrogens (primary N) is 1. The number of carbonyl (C=O) groups excluding carboxylic acids is 1. The highest BCUT2D eigenvalue weighted by Crippen LogP contribution is 2.24. The summed E-state index contributed by atoms with van der Waals surface area (Å²) in [4.78, 5) is 12.0. The third-order valence-electron chi connectivity index (χ3n) is 3.33. The average Bonchev–Trinajstić information content (AvgIpc) is 2.98. The Morgan fingerprint density at radius 1 is 1.27 bits per heavy atom. The minimum Gasteiger partial charge on any atom is -0.508 e. The van der Waals surface area contributed by atoms with Crippen molar-refractivity contribution < 1.29 is 14.3 Å². The van der Waals surface area contributed by atoms with E-state index in [0.29, 0.717) is 22.2 Å². The van der Waals surface area contributed by atoms with Crippen LogP contribution in [-0.4, -0.2) is 31.6 Å². The summed E-state index contributed by atoms with van der Waals surface area (Å²) in [6.07, 6.45) is 0. The van der Waals surface area contributed by atoms with Crippen LogP contribution in [0.4, 0.5) is 10.1 Å². The summed E-state index contributed by atoms with van der Waals surface area (Å²) in [6, 6.07) is 10.2. The quantitative estimate of drug-likeness (QED) is 0.454. The summed E-state index contributed by atoms with van der Waals surface area (Å²) >= 11 is 6.77. The number of nitrogens with one attached hydrogen (secondary N) is 1. The molecule has 3 aromatic rings. The van der Waals surface area contributed by atoms with E-state index >= 15 is 0 Å². The van der Waals surface area contributed by atoms with Crippen LogP contribution in [0, 0.1) is 5.82 Å². The van der Waals surface area contributed by atoms with Gasteiger partial charge in [0.05, 0.1) is 10.8 Å². The van der Waals surface area contributed by atoms with Gasteiger partial charge in [-0.15, -0.1) is 10.2 Å². The third kappa shape index (κ3) is 4.06. The third-order valence-corrected chi connectivity index (χ3v) is 4.56. The van der Waals surface area contributed by atoms with Crippen LogP contribution in [0.25, 0.3) is 11.4 Å². The minimum absolute atomic E-state index is 0.0277. The maximum Gasteiger partial charge on any atom is 0.234 e. The van der Waals surface area contributed by atoms with Gasteiger partial charge in [-0.3, -0.25) is 4.79 Å². The van der Waals surface area contributed by atoms with Crippen molar-refractivity contribution in [1.29, 1.82) is 0 Å². The van der Waals surface area contributed by atoms with Gasteiger partial charge >= 0.3 is 0 Å². The molecular formula is C16H13ClFN5O2S. The van der Waals surface area contributed by atoms with Crippen LogP contribution in [0.15, 0.2) is 47.6 Å². The van der Waals surface area contributed by atoms with E-state index in [1.807, 2.05) is 0 Å². The molecule has 26 heavy (non-hydrogen) atoms. The molecule has 0 aliphatic carbocycles. The van der Waals surface area contributed by atoms with E-state index in [0.717, 1.165) is 11.8 Å². The fourth-order valence-electron chi connectivity index (χ4n) is 2.08. The predicted molar refractivity (Wildman–Crippen MR) is 98.0 cm³/mol. The van der Waals surface area contributed by atoms with Crippen molar-refractivity contribution in [3.63, 3.8) is 0 Å². The highest BCUT2D eigenvalue weighted by atomic mass is 35.5. The zero-order valence-electron chi connectivity index (χ0n) is 13.2. The number of anilines is 1. The Kier molecular flexibility index (Phi) is 5.29. The number of hydrogen-bond acceptors (Lipinski definition) is 6. The molecule has 0 unspecified atom stereocenters. The van der Waals surface area contributed by atoms with Gasteiger partial charge in [-0.25, -0.2) is 9.07 Å². The van der Waals surface area contributed by atoms with Gasteiger partial charge in [0.25, 0.3) is 0 Å². The molecule has 0 saturated carbocycles. The molecule has 0 spiro atoms. The van der Waals surface area contributed by atoms with Gasteiger partial charge < -0.3 is 16.3 Å². The molecule has 10 heteroatoms. The maximum atomic E-state index is 13.1. The van der Waals surface area contributed by atoms with Crippen LogP contribution in [-0.2, 0) is 4.79 Å². The van der Waals surface area contributed by atoms with E-state index in [1.165, 1.54) is 35.0 Å². The second-order valence-electron chi connectivity index (χ2n) is 5.19. The van der Waals surface area contributed by atoms with Crippen LogP contribution in [0.3, 0.4) is 0 Å². The van der Waals surface area contributed by atoms with Crippen molar-refractivity contribution in [2.75, 3.05) is 16.9 Å². The van der Waals surface area contributed by atoms with Gasteiger partial charge in [0.15, 0.2) is 5.82 Å². The first-order chi connectivity index (χ1) is 12.4. The number of halogens is 2. The number of phenols is 1. The number of phenolic OH excluding ortho intramolecular Hbond substituents is 1. The molecule has 7 nitrogen and oxygen atoms in total. The lowest BCUT2D eigenvalue weighted by molar-refractivity contribution is -0.113. The van der Waals surface area contributed by atoms with Gasteiger partial charge in [-0.1, -0.05) is 23.4 Å².